The highest BCUT2D eigenvalue weighted by Gasteiger charge is 2.20. The van der Waals surface area contributed by atoms with Crippen LogP contribution in [-0.4, -0.2) is 35.0 Å². The van der Waals surface area contributed by atoms with Crippen LogP contribution >= 0.6 is 0 Å². The van der Waals surface area contributed by atoms with E-state index in [0.29, 0.717) is 30.3 Å². The third kappa shape index (κ3) is 4.96. The third-order valence-electron chi connectivity index (χ3n) is 3.76. The minimum absolute atomic E-state index is 0.0424. The van der Waals surface area contributed by atoms with Crippen molar-refractivity contribution in [2.24, 2.45) is 0 Å². The molecule has 0 aliphatic rings. The molecule has 1 aromatic carbocycles. The molecule has 0 saturated heterocycles. The fourth-order valence-electron chi connectivity index (χ4n) is 2.40. The van der Waals surface area contributed by atoms with Crippen molar-refractivity contribution in [3.8, 4) is 17.6 Å². The van der Waals surface area contributed by atoms with E-state index in [9.17, 15) is 4.79 Å². The summed E-state index contributed by atoms with van der Waals surface area (Å²) in [6, 6.07) is 10.8. The highest BCUT2D eigenvalue weighted by molar-refractivity contribution is 5.95. The van der Waals surface area contributed by atoms with Crippen LogP contribution in [0.4, 0.5) is 0 Å². The van der Waals surface area contributed by atoms with Crippen LogP contribution in [0, 0.1) is 11.3 Å². The van der Waals surface area contributed by atoms with Crippen molar-refractivity contribution in [3.05, 3.63) is 53.9 Å². The summed E-state index contributed by atoms with van der Waals surface area (Å²) in [5, 5.41) is 8.95. The summed E-state index contributed by atoms with van der Waals surface area (Å²) in [5.74, 6) is 0.868. The van der Waals surface area contributed by atoms with Gasteiger partial charge in [-0.15, -0.1) is 0 Å². The Morgan fingerprint density at radius 1 is 1.19 bits per heavy atom. The summed E-state index contributed by atoms with van der Waals surface area (Å²) in [4.78, 5) is 18.2. The number of benzene rings is 1. The molecule has 26 heavy (non-hydrogen) atoms. The van der Waals surface area contributed by atoms with E-state index in [0.717, 1.165) is 5.56 Å². The van der Waals surface area contributed by atoms with Gasteiger partial charge in [-0.05, 0) is 56.7 Å². The molecule has 0 aliphatic carbocycles. The SMILES string of the molecule is CCOc1cc(C(=O)N(CC#N)C(C)C)ccc1OCc1ccncc1. The van der Waals surface area contributed by atoms with E-state index in [2.05, 4.69) is 4.98 Å². The maximum absolute atomic E-state index is 12.7. The number of rotatable bonds is 8. The first-order valence-corrected chi connectivity index (χ1v) is 8.53. The summed E-state index contributed by atoms with van der Waals surface area (Å²) in [6.07, 6.45) is 3.42. The molecule has 2 aromatic rings. The first kappa shape index (κ1) is 19.3. The number of ether oxygens (including phenoxy) is 2. The standard InChI is InChI=1S/C20H23N3O3/c1-4-25-19-13-17(20(24)23(12-9-21)15(2)3)5-6-18(19)26-14-16-7-10-22-11-8-16/h5-8,10-11,13,15H,4,12,14H2,1-3H3. The first-order chi connectivity index (χ1) is 12.6. The zero-order chi connectivity index (χ0) is 18.9. The van der Waals surface area contributed by atoms with Crippen molar-refractivity contribution >= 4 is 5.91 Å². The van der Waals surface area contributed by atoms with Crippen LogP contribution in [0.3, 0.4) is 0 Å². The number of carbonyl (C=O) groups is 1. The number of carbonyl (C=O) groups excluding carboxylic acids is 1. The maximum Gasteiger partial charge on any atom is 0.255 e. The quantitative estimate of drug-likeness (QED) is 0.680. The molecule has 2 rings (SSSR count). The van der Waals surface area contributed by atoms with Gasteiger partial charge in [0.15, 0.2) is 11.5 Å². The lowest BCUT2D eigenvalue weighted by Gasteiger charge is -2.24. The van der Waals surface area contributed by atoms with E-state index < -0.39 is 0 Å². The molecule has 0 fully saturated rings. The van der Waals surface area contributed by atoms with E-state index in [1.165, 1.54) is 4.90 Å². The van der Waals surface area contributed by atoms with E-state index >= 15 is 0 Å². The zero-order valence-corrected chi connectivity index (χ0v) is 15.3. The number of nitrogens with zero attached hydrogens (tertiary/aromatic N) is 3. The maximum atomic E-state index is 12.7. The number of amides is 1. The van der Waals surface area contributed by atoms with E-state index in [4.69, 9.17) is 14.7 Å². The van der Waals surface area contributed by atoms with Crippen LogP contribution in [-0.2, 0) is 6.61 Å². The van der Waals surface area contributed by atoms with Gasteiger partial charge in [0.05, 0.1) is 12.7 Å². The van der Waals surface area contributed by atoms with Gasteiger partial charge >= 0.3 is 0 Å². The van der Waals surface area contributed by atoms with Crippen molar-refractivity contribution in [2.45, 2.75) is 33.4 Å². The van der Waals surface area contributed by atoms with Crippen molar-refractivity contribution < 1.29 is 14.3 Å². The van der Waals surface area contributed by atoms with Gasteiger partial charge in [0.25, 0.3) is 5.91 Å². The molecule has 0 unspecified atom stereocenters. The Morgan fingerprint density at radius 2 is 1.92 bits per heavy atom. The van der Waals surface area contributed by atoms with Crippen molar-refractivity contribution in [2.75, 3.05) is 13.2 Å². The zero-order valence-electron chi connectivity index (χ0n) is 15.3. The molecule has 6 nitrogen and oxygen atoms in total. The summed E-state index contributed by atoms with van der Waals surface area (Å²) in [5.41, 5.74) is 1.45. The first-order valence-electron chi connectivity index (χ1n) is 8.53. The molecule has 0 aliphatic heterocycles. The van der Waals surface area contributed by atoms with Gasteiger partial charge in [-0.1, -0.05) is 0 Å². The van der Waals surface area contributed by atoms with Gasteiger partial charge < -0.3 is 14.4 Å². The van der Waals surface area contributed by atoms with Crippen LogP contribution in [0.1, 0.15) is 36.7 Å². The average molecular weight is 353 g/mol. The smallest absolute Gasteiger partial charge is 0.255 e. The molecule has 1 amide bonds. The van der Waals surface area contributed by atoms with E-state index in [-0.39, 0.29) is 18.5 Å². The molecular formula is C20H23N3O3. The van der Waals surface area contributed by atoms with Gasteiger partial charge in [0, 0.05) is 24.0 Å². The normalized spacial score (nSPS) is 10.3. The van der Waals surface area contributed by atoms with Crippen molar-refractivity contribution in [1.29, 1.82) is 5.26 Å². The largest absolute Gasteiger partial charge is 0.490 e. The highest BCUT2D eigenvalue weighted by Crippen LogP contribution is 2.30. The van der Waals surface area contributed by atoms with E-state index in [1.54, 1.807) is 30.6 Å². The minimum atomic E-state index is -0.205. The van der Waals surface area contributed by atoms with Gasteiger partial charge in [-0.2, -0.15) is 5.26 Å². The lowest BCUT2D eigenvalue weighted by Crippen LogP contribution is -2.37. The lowest BCUT2D eigenvalue weighted by molar-refractivity contribution is 0.0731. The fraction of sp³-hybridized carbons (Fsp3) is 0.350. The molecule has 0 radical (unpaired) electrons. The molecule has 0 atom stereocenters. The van der Waals surface area contributed by atoms with Crippen LogP contribution < -0.4 is 9.47 Å². The van der Waals surface area contributed by atoms with Crippen LogP contribution in [0.5, 0.6) is 11.5 Å². The third-order valence-corrected chi connectivity index (χ3v) is 3.76. The molecule has 0 bridgehead atoms. The Bertz CT molecular complexity index is 770. The Morgan fingerprint density at radius 3 is 2.54 bits per heavy atom. The summed E-state index contributed by atoms with van der Waals surface area (Å²) < 4.78 is 11.5. The molecular weight excluding hydrogens is 330 g/mol. The average Bonchev–Trinajstić information content (AvgIpc) is 2.65. The molecule has 136 valence electrons. The summed E-state index contributed by atoms with van der Waals surface area (Å²) in [6.45, 7) is 6.51. The van der Waals surface area contributed by atoms with Crippen LogP contribution in [0.2, 0.25) is 0 Å². The second-order valence-electron chi connectivity index (χ2n) is 5.92. The Labute approximate surface area is 154 Å². The van der Waals surface area contributed by atoms with Crippen LogP contribution in [0.25, 0.3) is 0 Å². The highest BCUT2D eigenvalue weighted by atomic mass is 16.5. The van der Waals surface area contributed by atoms with Crippen LogP contribution in [0.15, 0.2) is 42.7 Å². The second-order valence-corrected chi connectivity index (χ2v) is 5.92. The van der Waals surface area contributed by atoms with E-state index in [1.807, 2.05) is 39.0 Å². The summed E-state index contributed by atoms with van der Waals surface area (Å²) in [7, 11) is 0. The second kappa shape index (κ2) is 9.42. The molecule has 1 aromatic heterocycles. The fourth-order valence-corrected chi connectivity index (χ4v) is 2.40. The minimum Gasteiger partial charge on any atom is -0.490 e. The topological polar surface area (TPSA) is 75.5 Å². The van der Waals surface area contributed by atoms with Crippen molar-refractivity contribution in [1.82, 2.24) is 9.88 Å². The van der Waals surface area contributed by atoms with Gasteiger partial charge in [0.2, 0.25) is 0 Å². The molecule has 0 N–H and O–H groups in total. The number of hydrogen-bond donors (Lipinski definition) is 0. The number of pyridine rings is 1. The number of hydrogen-bond acceptors (Lipinski definition) is 5. The summed E-state index contributed by atoms with van der Waals surface area (Å²) >= 11 is 0. The number of aromatic nitrogens is 1. The Kier molecular flexibility index (Phi) is 6.98. The van der Waals surface area contributed by atoms with Gasteiger partial charge in [-0.25, -0.2) is 0 Å². The predicted octanol–water partition coefficient (Wildman–Crippen LogP) is 3.43. The molecule has 1 heterocycles. The molecule has 0 spiro atoms. The Hall–Kier alpha value is -3.07. The Balaban J connectivity index is 2.21. The molecule has 0 saturated carbocycles. The van der Waals surface area contributed by atoms with Gasteiger partial charge in [0.1, 0.15) is 13.2 Å². The predicted molar refractivity (Wildman–Crippen MR) is 98.0 cm³/mol. The van der Waals surface area contributed by atoms with Gasteiger partial charge in [-0.3, -0.25) is 9.78 Å². The monoisotopic (exact) mass is 353 g/mol. The van der Waals surface area contributed by atoms with Crippen molar-refractivity contribution in [3.63, 3.8) is 0 Å². The lowest BCUT2D eigenvalue weighted by atomic mass is 10.1. The number of nitriles is 1. The molecule has 6 heteroatoms.